The Morgan fingerprint density at radius 3 is 2.32 bits per heavy atom. The van der Waals surface area contributed by atoms with Crippen molar-refractivity contribution in [3.05, 3.63) is 65.5 Å². The summed E-state index contributed by atoms with van der Waals surface area (Å²) < 4.78 is 0. The third kappa shape index (κ3) is 4.99. The first-order chi connectivity index (χ1) is 13.8. The summed E-state index contributed by atoms with van der Waals surface area (Å²) in [6, 6.07) is 12.9. The molecular formula is C24H31N3O. The SMILES string of the molecule is O=C(c1cccnc1)N1CCC(Cc2ccc(CN3CCCCC3)cc2)CC1. The van der Waals surface area contributed by atoms with E-state index in [2.05, 4.69) is 34.1 Å². The maximum absolute atomic E-state index is 12.5. The van der Waals surface area contributed by atoms with Crippen LogP contribution < -0.4 is 0 Å². The van der Waals surface area contributed by atoms with Crippen LogP contribution in [0.25, 0.3) is 0 Å². The number of carbonyl (C=O) groups excluding carboxylic acids is 1. The van der Waals surface area contributed by atoms with Gasteiger partial charge in [0.25, 0.3) is 5.91 Å². The molecule has 4 heteroatoms. The summed E-state index contributed by atoms with van der Waals surface area (Å²) in [6.07, 6.45) is 10.8. The molecular weight excluding hydrogens is 346 g/mol. The maximum atomic E-state index is 12.5. The molecule has 1 aromatic carbocycles. The van der Waals surface area contributed by atoms with Crippen LogP contribution in [0.1, 0.15) is 53.6 Å². The highest BCUT2D eigenvalue weighted by molar-refractivity contribution is 5.93. The topological polar surface area (TPSA) is 36.4 Å². The second-order valence-electron chi connectivity index (χ2n) is 8.33. The molecule has 0 spiro atoms. The van der Waals surface area contributed by atoms with Gasteiger partial charge in [0.15, 0.2) is 0 Å². The number of pyridine rings is 1. The quantitative estimate of drug-likeness (QED) is 0.785. The zero-order valence-electron chi connectivity index (χ0n) is 16.7. The summed E-state index contributed by atoms with van der Waals surface area (Å²) in [5.41, 5.74) is 3.56. The van der Waals surface area contributed by atoms with Crippen LogP contribution in [0, 0.1) is 5.92 Å². The molecule has 2 aromatic rings. The summed E-state index contributed by atoms with van der Waals surface area (Å²) in [7, 11) is 0. The molecule has 0 radical (unpaired) electrons. The average Bonchev–Trinajstić information content (AvgIpc) is 2.76. The van der Waals surface area contributed by atoms with Gasteiger partial charge in [-0.15, -0.1) is 0 Å². The van der Waals surface area contributed by atoms with Crippen molar-refractivity contribution in [3.8, 4) is 0 Å². The number of rotatable bonds is 5. The molecule has 0 N–H and O–H groups in total. The monoisotopic (exact) mass is 377 g/mol. The molecule has 1 aromatic heterocycles. The number of hydrogen-bond acceptors (Lipinski definition) is 3. The van der Waals surface area contributed by atoms with Crippen LogP contribution >= 0.6 is 0 Å². The van der Waals surface area contributed by atoms with Gasteiger partial charge in [-0.25, -0.2) is 0 Å². The van der Waals surface area contributed by atoms with Crippen LogP contribution in [0.3, 0.4) is 0 Å². The van der Waals surface area contributed by atoms with E-state index in [4.69, 9.17) is 0 Å². The molecule has 0 unspecified atom stereocenters. The number of hydrogen-bond donors (Lipinski definition) is 0. The minimum Gasteiger partial charge on any atom is -0.339 e. The van der Waals surface area contributed by atoms with Gasteiger partial charge in [0.2, 0.25) is 0 Å². The van der Waals surface area contributed by atoms with Gasteiger partial charge in [-0.3, -0.25) is 14.7 Å². The Labute approximate surface area is 168 Å². The highest BCUT2D eigenvalue weighted by Gasteiger charge is 2.23. The number of benzene rings is 1. The van der Waals surface area contributed by atoms with E-state index < -0.39 is 0 Å². The fraction of sp³-hybridized carbons (Fsp3) is 0.500. The van der Waals surface area contributed by atoms with Gasteiger partial charge in [0, 0.05) is 32.0 Å². The average molecular weight is 378 g/mol. The molecule has 1 amide bonds. The van der Waals surface area contributed by atoms with Crippen molar-refractivity contribution in [2.45, 2.75) is 45.1 Å². The molecule has 0 aliphatic carbocycles. The molecule has 2 aliphatic rings. The molecule has 148 valence electrons. The first-order valence-electron chi connectivity index (χ1n) is 10.8. The number of aromatic nitrogens is 1. The number of amides is 1. The van der Waals surface area contributed by atoms with Crippen molar-refractivity contribution in [2.24, 2.45) is 5.92 Å². The Balaban J connectivity index is 1.25. The predicted molar refractivity (Wildman–Crippen MR) is 112 cm³/mol. The van der Waals surface area contributed by atoms with Crippen LogP contribution in [-0.4, -0.2) is 46.9 Å². The third-order valence-electron chi connectivity index (χ3n) is 6.21. The Kier molecular flexibility index (Phi) is 6.38. The van der Waals surface area contributed by atoms with Crippen LogP contribution in [-0.2, 0) is 13.0 Å². The Hall–Kier alpha value is -2.20. The number of carbonyl (C=O) groups is 1. The van der Waals surface area contributed by atoms with E-state index in [1.807, 2.05) is 17.0 Å². The Morgan fingerprint density at radius 2 is 1.64 bits per heavy atom. The van der Waals surface area contributed by atoms with Crippen LogP contribution in [0.4, 0.5) is 0 Å². The lowest BCUT2D eigenvalue weighted by atomic mass is 9.89. The van der Waals surface area contributed by atoms with Crippen molar-refractivity contribution in [1.29, 1.82) is 0 Å². The molecule has 0 bridgehead atoms. The third-order valence-corrected chi connectivity index (χ3v) is 6.21. The van der Waals surface area contributed by atoms with Gasteiger partial charge in [-0.2, -0.15) is 0 Å². The normalized spacial score (nSPS) is 18.9. The van der Waals surface area contributed by atoms with Crippen LogP contribution in [0.5, 0.6) is 0 Å². The van der Waals surface area contributed by atoms with E-state index in [1.165, 1.54) is 43.5 Å². The van der Waals surface area contributed by atoms with Crippen LogP contribution in [0.15, 0.2) is 48.8 Å². The second-order valence-corrected chi connectivity index (χ2v) is 8.33. The Morgan fingerprint density at radius 1 is 0.929 bits per heavy atom. The first-order valence-corrected chi connectivity index (χ1v) is 10.8. The smallest absolute Gasteiger partial charge is 0.255 e. The van der Waals surface area contributed by atoms with Gasteiger partial charge >= 0.3 is 0 Å². The lowest BCUT2D eigenvalue weighted by Gasteiger charge is -2.32. The first kappa shape index (κ1) is 19.1. The van der Waals surface area contributed by atoms with Gasteiger partial charge in [-0.1, -0.05) is 30.7 Å². The molecule has 2 saturated heterocycles. The summed E-state index contributed by atoms with van der Waals surface area (Å²) >= 11 is 0. The molecule has 28 heavy (non-hydrogen) atoms. The van der Waals surface area contributed by atoms with Gasteiger partial charge < -0.3 is 4.90 Å². The number of piperidine rings is 2. The van der Waals surface area contributed by atoms with Crippen molar-refractivity contribution < 1.29 is 4.79 Å². The van der Waals surface area contributed by atoms with Gasteiger partial charge in [-0.05, 0) is 74.4 Å². The van der Waals surface area contributed by atoms with Gasteiger partial charge in [0.1, 0.15) is 0 Å². The molecule has 4 nitrogen and oxygen atoms in total. The molecule has 3 heterocycles. The lowest BCUT2D eigenvalue weighted by Crippen LogP contribution is -2.38. The summed E-state index contributed by atoms with van der Waals surface area (Å²) in [5, 5.41) is 0. The zero-order valence-corrected chi connectivity index (χ0v) is 16.7. The van der Waals surface area contributed by atoms with E-state index in [0.717, 1.165) is 38.9 Å². The van der Waals surface area contributed by atoms with Crippen LogP contribution in [0.2, 0.25) is 0 Å². The molecule has 0 saturated carbocycles. The lowest BCUT2D eigenvalue weighted by molar-refractivity contribution is 0.0690. The van der Waals surface area contributed by atoms with Gasteiger partial charge in [0.05, 0.1) is 5.56 Å². The Bertz CT molecular complexity index is 745. The summed E-state index contributed by atoms with van der Waals surface area (Å²) in [4.78, 5) is 21.2. The fourth-order valence-corrected chi connectivity index (χ4v) is 4.50. The molecule has 2 aliphatic heterocycles. The number of nitrogens with zero attached hydrogens (tertiary/aromatic N) is 3. The molecule has 0 atom stereocenters. The largest absolute Gasteiger partial charge is 0.339 e. The number of likely N-dealkylation sites (tertiary alicyclic amines) is 2. The fourth-order valence-electron chi connectivity index (χ4n) is 4.50. The summed E-state index contributed by atoms with van der Waals surface area (Å²) in [6.45, 7) is 5.29. The van der Waals surface area contributed by atoms with E-state index >= 15 is 0 Å². The van der Waals surface area contributed by atoms with E-state index in [-0.39, 0.29) is 5.91 Å². The van der Waals surface area contributed by atoms with E-state index in [1.54, 1.807) is 12.4 Å². The van der Waals surface area contributed by atoms with Crippen molar-refractivity contribution in [2.75, 3.05) is 26.2 Å². The predicted octanol–water partition coefficient (Wildman–Crippen LogP) is 4.16. The standard InChI is InChI=1S/C24H31N3O/c28-24(23-5-4-12-25-18-23)27-15-10-21(11-16-27)17-20-6-8-22(9-7-20)19-26-13-2-1-3-14-26/h4-9,12,18,21H,1-3,10-11,13-17,19H2. The second kappa shape index (κ2) is 9.33. The van der Waals surface area contributed by atoms with E-state index in [9.17, 15) is 4.79 Å². The highest BCUT2D eigenvalue weighted by atomic mass is 16.2. The van der Waals surface area contributed by atoms with Crippen molar-refractivity contribution >= 4 is 5.91 Å². The minimum atomic E-state index is 0.119. The maximum Gasteiger partial charge on any atom is 0.255 e. The minimum absolute atomic E-state index is 0.119. The highest BCUT2D eigenvalue weighted by Crippen LogP contribution is 2.23. The zero-order chi connectivity index (χ0) is 19.2. The molecule has 2 fully saturated rings. The van der Waals surface area contributed by atoms with Crippen molar-refractivity contribution in [1.82, 2.24) is 14.8 Å². The molecule has 4 rings (SSSR count). The summed E-state index contributed by atoms with van der Waals surface area (Å²) in [5.74, 6) is 0.791. The van der Waals surface area contributed by atoms with Crippen molar-refractivity contribution in [3.63, 3.8) is 0 Å². The van der Waals surface area contributed by atoms with E-state index in [0.29, 0.717) is 11.5 Å².